The SMILES string of the molecule is CCc1cccc(CC)c1NC(=O)CN1C[C@H](c2ccc3c(c2)OCCO3)C(C(=O)O)[C@@H]1c1ccccc1OCCOC. The summed E-state index contributed by atoms with van der Waals surface area (Å²) in [6.07, 6.45) is 1.57. The normalized spacial score (nSPS) is 19.7. The predicted octanol–water partition coefficient (Wildman–Crippen LogP) is 5.09. The molecule has 43 heavy (non-hydrogen) atoms. The first-order valence-corrected chi connectivity index (χ1v) is 14.9. The number of amides is 1. The van der Waals surface area contributed by atoms with Crippen molar-refractivity contribution in [3.63, 3.8) is 0 Å². The molecule has 2 aliphatic rings. The van der Waals surface area contributed by atoms with Crippen LogP contribution in [0.1, 0.15) is 48.1 Å². The lowest BCUT2D eigenvalue weighted by Gasteiger charge is -2.28. The van der Waals surface area contributed by atoms with E-state index in [4.69, 9.17) is 18.9 Å². The fourth-order valence-corrected chi connectivity index (χ4v) is 6.25. The quantitative estimate of drug-likeness (QED) is 0.282. The molecule has 3 atom stereocenters. The Labute approximate surface area is 252 Å². The van der Waals surface area contributed by atoms with Gasteiger partial charge in [-0.25, -0.2) is 0 Å². The van der Waals surface area contributed by atoms with Gasteiger partial charge in [0.1, 0.15) is 25.6 Å². The number of fused-ring (bicyclic) bond motifs is 1. The minimum absolute atomic E-state index is 0.0170. The lowest BCUT2D eigenvalue weighted by Crippen LogP contribution is -2.35. The Bertz CT molecular complexity index is 1420. The van der Waals surface area contributed by atoms with Crippen molar-refractivity contribution in [3.8, 4) is 17.2 Å². The minimum Gasteiger partial charge on any atom is -0.491 e. The van der Waals surface area contributed by atoms with Crippen LogP contribution in [0.25, 0.3) is 0 Å². The summed E-state index contributed by atoms with van der Waals surface area (Å²) in [5, 5.41) is 13.9. The number of nitrogens with one attached hydrogen (secondary N) is 1. The van der Waals surface area contributed by atoms with Crippen LogP contribution in [0.15, 0.2) is 60.7 Å². The van der Waals surface area contributed by atoms with E-state index in [-0.39, 0.29) is 12.5 Å². The minimum atomic E-state index is -0.941. The number of aliphatic carboxylic acids is 1. The van der Waals surface area contributed by atoms with E-state index in [1.807, 2.05) is 65.6 Å². The van der Waals surface area contributed by atoms with Crippen molar-refractivity contribution >= 4 is 17.6 Å². The van der Waals surface area contributed by atoms with Gasteiger partial charge in [0.05, 0.1) is 25.1 Å². The zero-order valence-electron chi connectivity index (χ0n) is 25.0. The second kappa shape index (κ2) is 13.9. The van der Waals surface area contributed by atoms with E-state index in [2.05, 4.69) is 19.2 Å². The summed E-state index contributed by atoms with van der Waals surface area (Å²) >= 11 is 0. The van der Waals surface area contributed by atoms with Gasteiger partial charge in [0.25, 0.3) is 0 Å². The molecule has 228 valence electrons. The second-order valence-corrected chi connectivity index (χ2v) is 10.8. The number of carbonyl (C=O) groups excluding carboxylic acids is 1. The van der Waals surface area contributed by atoms with Crippen LogP contribution in [0, 0.1) is 5.92 Å². The van der Waals surface area contributed by atoms with Gasteiger partial charge in [-0.15, -0.1) is 0 Å². The fraction of sp³-hybridized carbons (Fsp3) is 0.412. The molecular weight excluding hydrogens is 548 g/mol. The molecular formula is C34H40N2O7. The number of para-hydroxylation sites is 2. The number of hydrogen-bond acceptors (Lipinski definition) is 7. The van der Waals surface area contributed by atoms with E-state index in [9.17, 15) is 14.7 Å². The first-order chi connectivity index (χ1) is 20.9. The number of likely N-dealkylation sites (tertiary alicyclic amines) is 1. The highest BCUT2D eigenvalue weighted by molar-refractivity contribution is 5.94. The number of rotatable bonds is 12. The van der Waals surface area contributed by atoms with Gasteiger partial charge in [0.15, 0.2) is 11.5 Å². The molecule has 2 N–H and O–H groups in total. The topological polar surface area (TPSA) is 107 Å². The van der Waals surface area contributed by atoms with Crippen LogP contribution >= 0.6 is 0 Å². The molecule has 1 fully saturated rings. The van der Waals surface area contributed by atoms with Gasteiger partial charge in [0.2, 0.25) is 5.91 Å². The van der Waals surface area contributed by atoms with Gasteiger partial charge in [-0.2, -0.15) is 0 Å². The maximum Gasteiger partial charge on any atom is 0.309 e. The third-order valence-electron chi connectivity index (χ3n) is 8.27. The Morgan fingerprint density at radius 2 is 1.67 bits per heavy atom. The molecule has 0 radical (unpaired) electrons. The molecule has 1 unspecified atom stereocenters. The molecule has 3 aromatic carbocycles. The maximum absolute atomic E-state index is 13.7. The number of hydrogen-bond donors (Lipinski definition) is 2. The van der Waals surface area contributed by atoms with Crippen molar-refractivity contribution in [2.45, 2.75) is 38.6 Å². The van der Waals surface area contributed by atoms with Crippen LogP contribution < -0.4 is 19.5 Å². The third-order valence-corrected chi connectivity index (χ3v) is 8.27. The largest absolute Gasteiger partial charge is 0.491 e. The van der Waals surface area contributed by atoms with E-state index in [1.54, 1.807) is 7.11 Å². The lowest BCUT2D eigenvalue weighted by molar-refractivity contribution is -0.143. The van der Waals surface area contributed by atoms with E-state index in [0.29, 0.717) is 50.2 Å². The average Bonchev–Trinajstić information content (AvgIpc) is 3.40. The van der Waals surface area contributed by atoms with E-state index < -0.39 is 23.8 Å². The Hall–Kier alpha value is -4.08. The summed E-state index contributed by atoms with van der Waals surface area (Å²) < 4.78 is 22.8. The number of carbonyl (C=O) groups is 2. The average molecular weight is 589 g/mol. The molecule has 1 saturated heterocycles. The molecule has 2 aliphatic heterocycles. The van der Waals surface area contributed by atoms with Crippen molar-refractivity contribution < 1.29 is 33.6 Å². The monoisotopic (exact) mass is 588 g/mol. The smallest absolute Gasteiger partial charge is 0.309 e. The van der Waals surface area contributed by atoms with Crippen LogP contribution in [0.2, 0.25) is 0 Å². The van der Waals surface area contributed by atoms with E-state index in [0.717, 1.165) is 40.8 Å². The fourth-order valence-electron chi connectivity index (χ4n) is 6.25. The van der Waals surface area contributed by atoms with Crippen LogP contribution in [0.5, 0.6) is 17.2 Å². The molecule has 5 rings (SSSR count). The highest BCUT2D eigenvalue weighted by Gasteiger charge is 2.49. The van der Waals surface area contributed by atoms with E-state index in [1.165, 1.54) is 0 Å². The number of anilines is 1. The van der Waals surface area contributed by atoms with Gasteiger partial charge >= 0.3 is 5.97 Å². The maximum atomic E-state index is 13.7. The summed E-state index contributed by atoms with van der Waals surface area (Å²) in [6.45, 7) is 6.12. The predicted molar refractivity (Wildman–Crippen MR) is 163 cm³/mol. The molecule has 3 aromatic rings. The molecule has 2 heterocycles. The molecule has 1 amide bonds. The van der Waals surface area contributed by atoms with Crippen molar-refractivity contribution in [2.24, 2.45) is 5.92 Å². The van der Waals surface area contributed by atoms with Crippen LogP contribution in [0.3, 0.4) is 0 Å². The summed E-state index contributed by atoms with van der Waals surface area (Å²) in [4.78, 5) is 28.7. The van der Waals surface area contributed by atoms with Crippen LogP contribution in [0.4, 0.5) is 5.69 Å². The van der Waals surface area contributed by atoms with Crippen molar-refractivity contribution in [1.82, 2.24) is 4.90 Å². The van der Waals surface area contributed by atoms with Gasteiger partial charge in [0, 0.05) is 30.8 Å². The number of benzene rings is 3. The first-order valence-electron chi connectivity index (χ1n) is 14.9. The molecule has 0 saturated carbocycles. The van der Waals surface area contributed by atoms with Gasteiger partial charge in [-0.1, -0.05) is 56.3 Å². The second-order valence-electron chi connectivity index (χ2n) is 10.8. The molecule has 0 aromatic heterocycles. The summed E-state index contributed by atoms with van der Waals surface area (Å²) in [6, 6.07) is 18.5. The van der Waals surface area contributed by atoms with Gasteiger partial charge in [-0.3, -0.25) is 14.5 Å². The Balaban J connectivity index is 1.52. The molecule has 0 aliphatic carbocycles. The Kier molecular flexibility index (Phi) is 9.84. The highest BCUT2D eigenvalue weighted by atomic mass is 16.6. The number of carboxylic acid groups (broad SMARTS) is 1. The van der Waals surface area contributed by atoms with Crippen molar-refractivity contribution in [2.75, 3.05) is 51.9 Å². The standard InChI is InChI=1S/C34H40N2O7/c1-4-22-9-8-10-23(5-2)32(22)35-30(37)21-36-20-26(24-13-14-28-29(19-24)43-18-17-42-28)31(34(38)39)33(36)25-11-6-7-12-27(25)41-16-15-40-3/h6-14,19,26,31,33H,4-5,15-18,20-21H2,1-3H3,(H,35,37)(H,38,39)/t26-,31?,33+/m1/s1. The number of aryl methyl sites for hydroxylation is 2. The molecule has 0 spiro atoms. The molecule has 0 bridgehead atoms. The van der Waals surface area contributed by atoms with Gasteiger partial charge in [-0.05, 0) is 47.7 Å². The Morgan fingerprint density at radius 1 is 0.953 bits per heavy atom. The van der Waals surface area contributed by atoms with Crippen molar-refractivity contribution in [3.05, 3.63) is 82.9 Å². The summed E-state index contributed by atoms with van der Waals surface area (Å²) in [7, 11) is 1.60. The third kappa shape index (κ3) is 6.63. The number of methoxy groups -OCH3 is 1. The number of ether oxygens (including phenoxy) is 4. The summed E-state index contributed by atoms with van der Waals surface area (Å²) in [5.41, 5.74) is 4.53. The van der Waals surface area contributed by atoms with Crippen LogP contribution in [-0.4, -0.2) is 68.5 Å². The Morgan fingerprint density at radius 3 is 2.37 bits per heavy atom. The first kappa shape index (κ1) is 30.4. The zero-order chi connectivity index (χ0) is 30.3. The molecule has 9 heteroatoms. The highest BCUT2D eigenvalue weighted by Crippen LogP contribution is 2.49. The lowest BCUT2D eigenvalue weighted by atomic mass is 9.82. The zero-order valence-corrected chi connectivity index (χ0v) is 25.0. The molecule has 9 nitrogen and oxygen atoms in total. The summed E-state index contributed by atoms with van der Waals surface area (Å²) in [5.74, 6) is -0.565. The van der Waals surface area contributed by atoms with Gasteiger partial charge < -0.3 is 29.4 Å². The van der Waals surface area contributed by atoms with Crippen LogP contribution in [-0.2, 0) is 27.2 Å². The number of carboxylic acids is 1. The van der Waals surface area contributed by atoms with Crippen molar-refractivity contribution in [1.29, 1.82) is 0 Å². The number of nitrogens with zero attached hydrogens (tertiary/aromatic N) is 1. The van der Waals surface area contributed by atoms with E-state index >= 15 is 0 Å².